The van der Waals surface area contributed by atoms with Gasteiger partial charge in [-0.05, 0) is 63.8 Å². The zero-order valence-electron chi connectivity index (χ0n) is 28.1. The lowest BCUT2D eigenvalue weighted by atomic mass is 10.1. The van der Waals surface area contributed by atoms with Gasteiger partial charge in [0, 0.05) is 63.2 Å². The summed E-state index contributed by atoms with van der Waals surface area (Å²) in [5.41, 5.74) is 1.65. The molecule has 2 atom stereocenters. The van der Waals surface area contributed by atoms with E-state index in [1.807, 2.05) is 18.7 Å². The minimum atomic E-state index is -0.701. The number of nitrogens with one attached hydrogen (secondary N) is 1. The Balaban J connectivity index is 1.39. The molecule has 1 amide bonds. The lowest BCUT2D eigenvalue weighted by Gasteiger charge is -2.44. The molecule has 0 bridgehead atoms. The second-order valence-electron chi connectivity index (χ2n) is 13.9. The fraction of sp³-hybridized carbons (Fsp3) is 0.444. The Bertz CT molecular complexity index is 2040. The Morgan fingerprint density at radius 3 is 2.32 bits per heavy atom. The van der Waals surface area contributed by atoms with Crippen LogP contribution in [0.1, 0.15) is 62.8 Å². The van der Waals surface area contributed by atoms with Gasteiger partial charge in [-0.25, -0.2) is 28.7 Å². The zero-order chi connectivity index (χ0) is 34.8. The lowest BCUT2D eigenvalue weighted by molar-refractivity contribution is -0.128. The van der Waals surface area contributed by atoms with Crippen LogP contribution >= 0.6 is 11.6 Å². The average Bonchev–Trinajstić information content (AvgIpc) is 4.04. The molecule has 4 aromatic rings. The molecule has 4 aliphatic rings. The highest BCUT2D eigenvalue weighted by molar-refractivity contribution is 6.34. The van der Waals surface area contributed by atoms with Gasteiger partial charge in [0.1, 0.15) is 17.4 Å². The minimum absolute atomic E-state index is 0.00202. The van der Waals surface area contributed by atoms with Gasteiger partial charge in [-0.1, -0.05) is 24.2 Å². The second-order valence-corrected chi connectivity index (χ2v) is 14.3. The highest BCUT2D eigenvalue weighted by Gasteiger charge is 2.39. The van der Waals surface area contributed by atoms with Crippen LogP contribution in [0, 0.1) is 5.82 Å². The molecule has 0 spiro atoms. The third-order valence-corrected chi connectivity index (χ3v) is 10.5. The molecule has 2 aliphatic heterocycles. The lowest BCUT2D eigenvalue weighted by Crippen LogP contribution is -2.58. The fourth-order valence-corrected chi connectivity index (χ4v) is 7.54. The summed E-state index contributed by atoms with van der Waals surface area (Å²) >= 11 is 6.90. The third kappa shape index (κ3) is 5.65. The zero-order valence-corrected chi connectivity index (χ0v) is 28.8. The molecule has 2 N–H and O–H groups in total. The summed E-state index contributed by atoms with van der Waals surface area (Å²) in [6, 6.07) is 5.23. The largest absolute Gasteiger partial charge is 0.507 e. The van der Waals surface area contributed by atoms with E-state index in [0.717, 1.165) is 63.3 Å². The molecule has 3 aromatic heterocycles. The van der Waals surface area contributed by atoms with Gasteiger partial charge < -0.3 is 25.1 Å². The predicted octanol–water partition coefficient (Wildman–Crippen LogP) is 4.51. The van der Waals surface area contributed by atoms with Gasteiger partial charge in [-0.3, -0.25) is 4.79 Å². The number of carbonyl (C=O) groups excluding carboxylic acids is 1. The number of benzene rings is 1. The van der Waals surface area contributed by atoms with E-state index in [1.54, 1.807) is 11.0 Å². The third-order valence-electron chi connectivity index (χ3n) is 10.2. The summed E-state index contributed by atoms with van der Waals surface area (Å²) in [5, 5.41) is 14.8. The Morgan fingerprint density at radius 1 is 1.02 bits per heavy atom. The number of carbonyl (C=O) groups is 1. The van der Waals surface area contributed by atoms with Crippen molar-refractivity contribution < 1.29 is 14.3 Å². The number of rotatable bonds is 7. The number of piperazine rings is 2. The highest BCUT2D eigenvalue weighted by atomic mass is 35.5. The van der Waals surface area contributed by atoms with E-state index in [9.17, 15) is 14.7 Å². The molecular formula is C36H39ClFN9O3. The SMILES string of the molecule is C=CC(=O)N1C[C@H](C)N(c2nc(=O)n(-c3c(C4CC4)nc(N4CCNCC4)nc3C3CC3)c3nc(-c4c(O)cccc4F)c(Cl)cc23)C[C@H]1C. The van der Waals surface area contributed by atoms with Crippen LogP contribution in [-0.2, 0) is 4.79 Å². The van der Waals surface area contributed by atoms with E-state index < -0.39 is 11.5 Å². The van der Waals surface area contributed by atoms with Gasteiger partial charge >= 0.3 is 5.69 Å². The summed E-state index contributed by atoms with van der Waals surface area (Å²) in [5.74, 6) is 0.135. The number of halogens is 2. The molecule has 4 fully saturated rings. The van der Waals surface area contributed by atoms with E-state index in [1.165, 1.54) is 28.8 Å². The maximum Gasteiger partial charge on any atom is 0.355 e. The molecule has 12 nitrogen and oxygen atoms in total. The molecule has 2 saturated heterocycles. The predicted molar refractivity (Wildman–Crippen MR) is 190 cm³/mol. The van der Waals surface area contributed by atoms with Crippen molar-refractivity contribution >= 4 is 40.3 Å². The number of hydrogen-bond donors (Lipinski definition) is 2. The summed E-state index contributed by atoms with van der Waals surface area (Å²) in [4.78, 5) is 53.1. The van der Waals surface area contributed by atoms with Gasteiger partial charge in [0.05, 0.1) is 38.7 Å². The first kappa shape index (κ1) is 32.6. The van der Waals surface area contributed by atoms with E-state index in [4.69, 9.17) is 31.5 Å². The van der Waals surface area contributed by atoms with Gasteiger partial charge in [0.15, 0.2) is 5.65 Å². The molecule has 50 heavy (non-hydrogen) atoms. The monoisotopic (exact) mass is 699 g/mol. The topological polar surface area (TPSA) is 133 Å². The molecule has 2 saturated carbocycles. The smallest absolute Gasteiger partial charge is 0.355 e. The fourth-order valence-electron chi connectivity index (χ4n) is 7.29. The molecule has 5 heterocycles. The van der Waals surface area contributed by atoms with Gasteiger partial charge in [0.2, 0.25) is 11.9 Å². The van der Waals surface area contributed by atoms with Crippen LogP contribution in [-0.4, -0.2) is 91.8 Å². The minimum Gasteiger partial charge on any atom is -0.507 e. The van der Waals surface area contributed by atoms with Crippen molar-refractivity contribution in [2.24, 2.45) is 0 Å². The number of nitrogens with zero attached hydrogens (tertiary/aromatic N) is 8. The summed E-state index contributed by atoms with van der Waals surface area (Å²) in [7, 11) is 0. The standard InChI is InChI=1S/C36H39ClFN9O3/c1-4-27(49)45-17-20(3)46(18-19(45)2)33-23-16-24(37)31(28-25(38)6-5-7-26(28)48)40-34(23)47(36(50)43-33)32-29(21-8-9-21)41-35(42-30(32)22-10-11-22)44-14-12-39-13-15-44/h4-7,16,19-22,39,48H,1,8-15,17-18H2,2-3H3/t19-,20+/m1/s1. The normalized spacial score (nSPS) is 21.2. The number of aromatic hydroxyl groups is 1. The number of phenols is 1. The first-order valence-electron chi connectivity index (χ1n) is 17.3. The number of hydrogen-bond acceptors (Lipinski definition) is 10. The van der Waals surface area contributed by atoms with Crippen LogP contribution in [0.25, 0.3) is 28.0 Å². The summed E-state index contributed by atoms with van der Waals surface area (Å²) in [6.45, 7) is 11.6. The Morgan fingerprint density at radius 2 is 1.70 bits per heavy atom. The summed E-state index contributed by atoms with van der Waals surface area (Å²) < 4.78 is 16.9. The molecule has 260 valence electrons. The van der Waals surface area contributed by atoms with Crippen molar-refractivity contribution in [2.75, 3.05) is 49.1 Å². The number of amides is 1. The van der Waals surface area contributed by atoms with Gasteiger partial charge in [0.25, 0.3) is 0 Å². The molecule has 0 radical (unpaired) electrons. The van der Waals surface area contributed by atoms with Gasteiger partial charge in [-0.2, -0.15) is 4.98 Å². The van der Waals surface area contributed by atoms with Crippen molar-refractivity contribution in [1.82, 2.24) is 34.7 Å². The van der Waals surface area contributed by atoms with Gasteiger partial charge in [-0.15, -0.1) is 0 Å². The van der Waals surface area contributed by atoms with E-state index in [0.29, 0.717) is 35.9 Å². The number of pyridine rings is 1. The number of anilines is 2. The molecule has 14 heteroatoms. The number of aromatic nitrogens is 5. The van der Waals surface area contributed by atoms with Crippen LogP contribution in [0.15, 0.2) is 41.7 Å². The van der Waals surface area contributed by atoms with E-state index >= 15 is 4.39 Å². The average molecular weight is 700 g/mol. The Labute approximate surface area is 293 Å². The molecule has 8 rings (SSSR count). The Kier molecular flexibility index (Phi) is 8.22. The van der Waals surface area contributed by atoms with Crippen molar-refractivity contribution in [2.45, 2.75) is 63.5 Å². The number of phenolic OH excluding ortho intramolecular Hbond substituents is 1. The molecule has 2 aliphatic carbocycles. The maximum absolute atomic E-state index is 15.4. The van der Waals surface area contributed by atoms with E-state index in [2.05, 4.69) is 16.8 Å². The maximum atomic E-state index is 15.4. The van der Waals surface area contributed by atoms with Crippen LogP contribution in [0.4, 0.5) is 16.2 Å². The van der Waals surface area contributed by atoms with E-state index in [-0.39, 0.29) is 57.5 Å². The van der Waals surface area contributed by atoms with Crippen LogP contribution < -0.4 is 20.8 Å². The van der Waals surface area contributed by atoms with Crippen LogP contribution in [0.3, 0.4) is 0 Å². The summed E-state index contributed by atoms with van der Waals surface area (Å²) in [6.07, 6.45) is 5.05. The van der Waals surface area contributed by atoms with Crippen molar-refractivity contribution in [3.63, 3.8) is 0 Å². The molecule has 1 aromatic carbocycles. The molecule has 0 unspecified atom stereocenters. The highest BCUT2D eigenvalue weighted by Crippen LogP contribution is 2.49. The van der Waals surface area contributed by atoms with Crippen molar-refractivity contribution in [3.8, 4) is 22.7 Å². The first-order chi connectivity index (χ1) is 24.1. The van der Waals surface area contributed by atoms with Crippen LogP contribution in [0.2, 0.25) is 5.02 Å². The Hall–Kier alpha value is -4.62. The van der Waals surface area contributed by atoms with Crippen molar-refractivity contribution in [1.29, 1.82) is 0 Å². The number of fused-ring (bicyclic) bond motifs is 1. The first-order valence-corrected chi connectivity index (χ1v) is 17.7. The molecular weight excluding hydrogens is 661 g/mol. The van der Waals surface area contributed by atoms with Crippen LogP contribution in [0.5, 0.6) is 5.75 Å². The quantitative estimate of drug-likeness (QED) is 0.266. The second kappa shape index (κ2) is 12.6. The van der Waals surface area contributed by atoms with Crippen molar-refractivity contribution in [3.05, 3.63) is 69.6 Å².